The van der Waals surface area contributed by atoms with Crippen LogP contribution in [0.2, 0.25) is 0 Å². The van der Waals surface area contributed by atoms with E-state index in [1.54, 1.807) is 6.07 Å². The molecule has 1 atom stereocenters. The van der Waals surface area contributed by atoms with Crippen molar-refractivity contribution >= 4 is 25.4 Å². The Morgan fingerprint density at radius 1 is 1.29 bits per heavy atom. The van der Waals surface area contributed by atoms with Gasteiger partial charge < -0.3 is 5.32 Å². The van der Waals surface area contributed by atoms with Gasteiger partial charge in [0.1, 0.15) is 11.6 Å². The first-order chi connectivity index (χ1) is 11.6. The minimum atomic E-state index is -0.372. The average molecular weight is 317 g/mol. The quantitative estimate of drug-likeness (QED) is 0.503. The Kier molecular flexibility index (Phi) is 6.33. The van der Waals surface area contributed by atoms with E-state index in [0.717, 1.165) is 24.0 Å². The fourth-order valence-corrected chi connectivity index (χ4v) is 2.47. The van der Waals surface area contributed by atoms with Crippen LogP contribution in [0.5, 0.6) is 0 Å². The lowest BCUT2D eigenvalue weighted by Crippen LogP contribution is -2.29. The molecule has 0 aliphatic rings. The summed E-state index contributed by atoms with van der Waals surface area (Å²) in [6.45, 7) is 2.07. The molecule has 0 saturated heterocycles. The molecule has 2 aromatic rings. The SMILES string of the molecule is Bc1cccc(/C=C(\C#N)C(=O)N[C@@H](CCC)c2ccccc2)n1. The van der Waals surface area contributed by atoms with Gasteiger partial charge in [-0.2, -0.15) is 5.26 Å². The molecule has 1 aromatic carbocycles. The van der Waals surface area contributed by atoms with Gasteiger partial charge in [-0.05, 0) is 29.7 Å². The van der Waals surface area contributed by atoms with E-state index in [-0.39, 0.29) is 17.5 Å². The second-order valence-corrected chi connectivity index (χ2v) is 5.60. The maximum Gasteiger partial charge on any atom is 0.262 e. The van der Waals surface area contributed by atoms with Crippen LogP contribution in [-0.4, -0.2) is 18.7 Å². The van der Waals surface area contributed by atoms with Crippen molar-refractivity contribution in [2.75, 3.05) is 0 Å². The molecule has 4 nitrogen and oxygen atoms in total. The molecular formula is C19H20BN3O. The number of hydrogen-bond acceptors (Lipinski definition) is 3. The Labute approximate surface area is 143 Å². The van der Waals surface area contributed by atoms with Crippen LogP contribution in [0.4, 0.5) is 0 Å². The maximum atomic E-state index is 12.5. The molecule has 1 amide bonds. The van der Waals surface area contributed by atoms with Gasteiger partial charge in [0.25, 0.3) is 5.91 Å². The number of nitrogens with one attached hydrogen (secondary N) is 1. The first-order valence-electron chi connectivity index (χ1n) is 8.05. The third kappa shape index (κ3) is 4.82. The van der Waals surface area contributed by atoms with Crippen molar-refractivity contribution in [2.24, 2.45) is 0 Å². The number of hydrogen-bond donors (Lipinski definition) is 1. The highest BCUT2D eigenvalue weighted by Gasteiger charge is 2.16. The van der Waals surface area contributed by atoms with E-state index in [2.05, 4.69) is 17.2 Å². The average Bonchev–Trinajstić information content (AvgIpc) is 2.60. The van der Waals surface area contributed by atoms with Crippen LogP contribution in [-0.2, 0) is 4.79 Å². The predicted molar refractivity (Wildman–Crippen MR) is 98.2 cm³/mol. The molecule has 2 rings (SSSR count). The number of aromatic nitrogens is 1. The zero-order valence-corrected chi connectivity index (χ0v) is 14.0. The second kappa shape index (κ2) is 8.69. The van der Waals surface area contributed by atoms with Crippen LogP contribution in [0.1, 0.15) is 37.1 Å². The molecule has 0 aliphatic heterocycles. The van der Waals surface area contributed by atoms with Crippen molar-refractivity contribution in [2.45, 2.75) is 25.8 Å². The van der Waals surface area contributed by atoms with Gasteiger partial charge in [0.15, 0.2) is 7.85 Å². The number of amides is 1. The van der Waals surface area contributed by atoms with Crippen molar-refractivity contribution in [1.29, 1.82) is 5.26 Å². The predicted octanol–water partition coefficient (Wildman–Crippen LogP) is 1.90. The summed E-state index contributed by atoms with van der Waals surface area (Å²) in [5, 5.41) is 12.3. The van der Waals surface area contributed by atoms with E-state index in [0.29, 0.717) is 5.69 Å². The summed E-state index contributed by atoms with van der Waals surface area (Å²) in [6, 6.07) is 17.2. The van der Waals surface area contributed by atoms with Gasteiger partial charge in [-0.1, -0.05) is 55.8 Å². The fourth-order valence-electron chi connectivity index (χ4n) is 2.47. The molecule has 1 heterocycles. The third-order valence-corrected chi connectivity index (χ3v) is 3.65. The highest BCUT2D eigenvalue weighted by Crippen LogP contribution is 2.18. The lowest BCUT2D eigenvalue weighted by atomic mass is 10.0. The number of carbonyl (C=O) groups excluding carboxylic acids is 1. The van der Waals surface area contributed by atoms with Gasteiger partial charge >= 0.3 is 0 Å². The van der Waals surface area contributed by atoms with E-state index in [4.69, 9.17) is 0 Å². The lowest BCUT2D eigenvalue weighted by molar-refractivity contribution is -0.117. The van der Waals surface area contributed by atoms with Crippen LogP contribution in [0.15, 0.2) is 54.1 Å². The molecule has 0 bridgehead atoms. The summed E-state index contributed by atoms with van der Waals surface area (Å²) < 4.78 is 0. The largest absolute Gasteiger partial charge is 0.345 e. The Bertz CT molecular complexity index is 766. The number of nitriles is 1. The standard InChI is InChI=1S/C19H20BN3O/c1-2-7-17(14-8-4-3-5-9-14)23-19(24)15(13-21)12-16-10-6-11-18(20)22-16/h3-6,8-12,17H,2,7,20H2,1H3,(H,23,24)/b15-12+/t17-/m0/s1. The molecule has 1 aromatic heterocycles. The van der Waals surface area contributed by atoms with Crippen LogP contribution in [0.25, 0.3) is 6.08 Å². The zero-order valence-electron chi connectivity index (χ0n) is 14.0. The Hall–Kier alpha value is -2.87. The van der Waals surface area contributed by atoms with Crippen molar-refractivity contribution < 1.29 is 4.79 Å². The van der Waals surface area contributed by atoms with Gasteiger partial charge in [0, 0.05) is 0 Å². The number of pyridine rings is 1. The van der Waals surface area contributed by atoms with Gasteiger partial charge in [-0.15, -0.1) is 0 Å². The first kappa shape index (κ1) is 17.5. The summed E-state index contributed by atoms with van der Waals surface area (Å²) in [5.41, 5.74) is 2.55. The summed E-state index contributed by atoms with van der Waals surface area (Å²) in [4.78, 5) is 16.8. The van der Waals surface area contributed by atoms with Crippen molar-refractivity contribution in [3.05, 3.63) is 65.4 Å². The minimum Gasteiger partial charge on any atom is -0.345 e. The molecular weight excluding hydrogens is 297 g/mol. The summed E-state index contributed by atoms with van der Waals surface area (Å²) >= 11 is 0. The Morgan fingerprint density at radius 3 is 2.67 bits per heavy atom. The highest BCUT2D eigenvalue weighted by atomic mass is 16.1. The van der Waals surface area contributed by atoms with Gasteiger partial charge in [-0.3, -0.25) is 9.78 Å². The molecule has 0 unspecified atom stereocenters. The number of benzene rings is 1. The number of nitrogens with zero attached hydrogens (tertiary/aromatic N) is 2. The minimum absolute atomic E-state index is 0.0603. The molecule has 24 heavy (non-hydrogen) atoms. The monoisotopic (exact) mass is 317 g/mol. The van der Waals surface area contributed by atoms with E-state index in [1.807, 2.05) is 56.4 Å². The highest BCUT2D eigenvalue weighted by molar-refractivity contribution is 6.30. The summed E-state index contributed by atoms with van der Waals surface area (Å²) in [6.07, 6.45) is 3.28. The normalized spacial score (nSPS) is 12.2. The van der Waals surface area contributed by atoms with Crippen molar-refractivity contribution in [3.63, 3.8) is 0 Å². The van der Waals surface area contributed by atoms with Crippen molar-refractivity contribution in [1.82, 2.24) is 10.3 Å². The maximum absolute atomic E-state index is 12.5. The van der Waals surface area contributed by atoms with E-state index in [9.17, 15) is 10.1 Å². The first-order valence-corrected chi connectivity index (χ1v) is 8.05. The second-order valence-electron chi connectivity index (χ2n) is 5.60. The molecule has 0 aliphatic carbocycles. The molecule has 1 N–H and O–H groups in total. The molecule has 120 valence electrons. The van der Waals surface area contributed by atoms with Crippen LogP contribution in [0, 0.1) is 11.3 Å². The van der Waals surface area contributed by atoms with E-state index < -0.39 is 0 Å². The smallest absolute Gasteiger partial charge is 0.262 e. The molecule has 5 heteroatoms. The summed E-state index contributed by atoms with van der Waals surface area (Å²) in [7, 11) is 1.87. The van der Waals surface area contributed by atoms with Crippen LogP contribution >= 0.6 is 0 Å². The van der Waals surface area contributed by atoms with Crippen molar-refractivity contribution in [3.8, 4) is 6.07 Å². The van der Waals surface area contributed by atoms with Gasteiger partial charge in [0.2, 0.25) is 0 Å². The van der Waals surface area contributed by atoms with Crippen LogP contribution in [0.3, 0.4) is 0 Å². The number of rotatable bonds is 6. The van der Waals surface area contributed by atoms with Gasteiger partial charge in [0.05, 0.1) is 11.7 Å². The zero-order chi connectivity index (χ0) is 17.4. The third-order valence-electron chi connectivity index (χ3n) is 3.65. The molecule has 0 spiro atoms. The topological polar surface area (TPSA) is 65.8 Å². The lowest BCUT2D eigenvalue weighted by Gasteiger charge is -2.18. The Morgan fingerprint density at radius 2 is 2.04 bits per heavy atom. The molecule has 0 radical (unpaired) electrons. The van der Waals surface area contributed by atoms with Gasteiger partial charge in [-0.25, -0.2) is 0 Å². The van der Waals surface area contributed by atoms with E-state index >= 15 is 0 Å². The summed E-state index contributed by atoms with van der Waals surface area (Å²) in [5.74, 6) is -0.372. The molecule has 0 fully saturated rings. The van der Waals surface area contributed by atoms with Crippen LogP contribution < -0.4 is 10.9 Å². The fraction of sp³-hybridized carbons (Fsp3) is 0.211. The number of carbonyl (C=O) groups is 1. The Balaban J connectivity index is 2.20. The van der Waals surface area contributed by atoms with E-state index in [1.165, 1.54) is 6.08 Å². The molecule has 0 saturated carbocycles.